The van der Waals surface area contributed by atoms with Gasteiger partial charge in [0.05, 0.1) is 6.10 Å². The molecule has 1 unspecified atom stereocenters. The zero-order valence-electron chi connectivity index (χ0n) is 20.3. The van der Waals surface area contributed by atoms with E-state index in [0.29, 0.717) is 13.0 Å². The van der Waals surface area contributed by atoms with E-state index >= 15 is 0 Å². The number of nitrogens with zero attached hydrogens (tertiary/aromatic N) is 2. The van der Waals surface area contributed by atoms with E-state index in [1.54, 1.807) is 0 Å². The fraction of sp³-hybridized carbons (Fsp3) is 0.875. The smallest absolute Gasteiger partial charge is 0.328 e. The Balaban J connectivity index is 1.74. The summed E-state index contributed by atoms with van der Waals surface area (Å²) < 4.78 is 5.75. The molecule has 2 aliphatic heterocycles. The van der Waals surface area contributed by atoms with Crippen LogP contribution in [-0.2, 0) is 9.53 Å². The monoisotopic (exact) mass is 469 g/mol. The van der Waals surface area contributed by atoms with Gasteiger partial charge >= 0.3 is 12.1 Å². The Kier molecular flexibility index (Phi) is 12.1. The average molecular weight is 470 g/mol. The van der Waals surface area contributed by atoms with Crippen molar-refractivity contribution in [2.45, 2.75) is 122 Å². The fourth-order valence-corrected chi connectivity index (χ4v) is 4.39. The molecule has 0 saturated carbocycles. The number of aliphatic hydroxyl groups excluding tert-OH is 2. The number of ether oxygens (including phenoxy) is 1. The average Bonchev–Trinajstić information content (AvgIpc) is 3.17. The maximum absolute atomic E-state index is 12.5. The summed E-state index contributed by atoms with van der Waals surface area (Å²) in [6, 6.07) is -1.04. The molecule has 4 amide bonds. The summed E-state index contributed by atoms with van der Waals surface area (Å²) >= 11 is 0. The summed E-state index contributed by atoms with van der Waals surface area (Å²) in [7, 11) is 0. The van der Waals surface area contributed by atoms with E-state index in [1.807, 2.05) is 6.92 Å². The molecule has 9 heteroatoms. The number of Topliss-reactive ketones (excluding diaryl/α,β-unsaturated/α-hetero) is 1. The van der Waals surface area contributed by atoms with Crippen LogP contribution in [0.3, 0.4) is 0 Å². The highest BCUT2D eigenvalue weighted by Crippen LogP contribution is 2.28. The number of rotatable bonds is 16. The van der Waals surface area contributed by atoms with Gasteiger partial charge in [-0.05, 0) is 12.8 Å². The number of hydrogen-bond donors (Lipinski definition) is 3. The predicted molar refractivity (Wildman–Crippen MR) is 124 cm³/mol. The zero-order chi connectivity index (χ0) is 24.2. The molecule has 0 aliphatic carbocycles. The first-order valence-corrected chi connectivity index (χ1v) is 12.8. The van der Waals surface area contributed by atoms with Crippen LogP contribution in [0.4, 0.5) is 9.59 Å². The number of ketones is 1. The predicted octanol–water partition coefficient (Wildman–Crippen LogP) is 3.52. The van der Waals surface area contributed by atoms with Crippen molar-refractivity contribution < 1.29 is 29.3 Å². The number of amides is 4. The lowest BCUT2D eigenvalue weighted by Gasteiger charge is -2.38. The molecular formula is C24H43N3O6. The molecule has 9 nitrogen and oxygen atoms in total. The van der Waals surface area contributed by atoms with Crippen molar-refractivity contribution in [2.75, 3.05) is 13.2 Å². The maximum Gasteiger partial charge on any atom is 0.328 e. The van der Waals surface area contributed by atoms with Crippen molar-refractivity contribution >= 4 is 17.8 Å². The molecule has 2 heterocycles. The molecule has 2 fully saturated rings. The Labute approximate surface area is 197 Å². The topological polar surface area (TPSA) is 119 Å². The standard InChI is InChI=1S/C24H43N3O6/c1-3-5-7-8-9-10-11-12-13-14-18(28)21(30)22-19(29)16-20(33-22)27-17-26(15-6-4-2)23(31)25-24(27)32/h19-22,29-30H,3-17H2,1-2H3,(H,25,31,32)/t19-,20+,21?,22-/m0/s1. The van der Waals surface area contributed by atoms with Crippen molar-refractivity contribution in [1.82, 2.24) is 15.1 Å². The number of unbranched alkanes of at least 4 members (excludes halogenated alkanes) is 9. The summed E-state index contributed by atoms with van der Waals surface area (Å²) in [5.41, 5.74) is 0. The van der Waals surface area contributed by atoms with Gasteiger partial charge in [0.15, 0.2) is 5.78 Å². The molecule has 4 atom stereocenters. The van der Waals surface area contributed by atoms with Crippen molar-refractivity contribution in [1.29, 1.82) is 0 Å². The Morgan fingerprint density at radius 2 is 1.61 bits per heavy atom. The van der Waals surface area contributed by atoms with Crippen LogP contribution in [0.5, 0.6) is 0 Å². The Hall–Kier alpha value is -1.71. The third-order valence-corrected chi connectivity index (χ3v) is 6.52. The van der Waals surface area contributed by atoms with Crippen molar-refractivity contribution in [3.63, 3.8) is 0 Å². The summed E-state index contributed by atoms with van der Waals surface area (Å²) in [5, 5.41) is 23.2. The van der Waals surface area contributed by atoms with Crippen LogP contribution in [0, 0.1) is 0 Å². The summed E-state index contributed by atoms with van der Waals surface area (Å²) in [6.45, 7) is 4.77. The molecule has 2 aliphatic rings. The number of carbonyl (C=O) groups is 3. The number of imide groups is 1. The molecule has 0 aromatic rings. The minimum atomic E-state index is -1.43. The summed E-state index contributed by atoms with van der Waals surface area (Å²) in [4.78, 5) is 39.6. The fourth-order valence-electron chi connectivity index (χ4n) is 4.39. The highest BCUT2D eigenvalue weighted by atomic mass is 16.5. The Morgan fingerprint density at radius 3 is 2.24 bits per heavy atom. The molecule has 3 N–H and O–H groups in total. The van der Waals surface area contributed by atoms with E-state index in [9.17, 15) is 24.6 Å². The number of urea groups is 2. The first kappa shape index (κ1) is 27.5. The van der Waals surface area contributed by atoms with Crippen LogP contribution in [-0.4, -0.2) is 75.6 Å². The number of nitrogens with one attached hydrogen (secondary N) is 1. The summed E-state index contributed by atoms with van der Waals surface area (Å²) in [6.07, 6.45) is 7.89. The van der Waals surface area contributed by atoms with Crippen molar-refractivity contribution in [2.24, 2.45) is 0 Å². The molecule has 0 aromatic carbocycles. The van der Waals surface area contributed by atoms with Gasteiger partial charge < -0.3 is 19.8 Å². The van der Waals surface area contributed by atoms with E-state index in [0.717, 1.165) is 25.7 Å². The molecule has 2 rings (SSSR count). The van der Waals surface area contributed by atoms with Gasteiger partial charge in [-0.15, -0.1) is 0 Å². The number of carbonyl (C=O) groups excluding carboxylic acids is 3. The van der Waals surface area contributed by atoms with E-state index in [2.05, 4.69) is 12.2 Å². The Morgan fingerprint density at radius 1 is 1.00 bits per heavy atom. The highest BCUT2D eigenvalue weighted by Gasteiger charge is 2.46. The second kappa shape index (κ2) is 14.5. The van der Waals surface area contributed by atoms with Gasteiger partial charge in [-0.1, -0.05) is 71.6 Å². The van der Waals surface area contributed by atoms with E-state index in [4.69, 9.17) is 4.74 Å². The van der Waals surface area contributed by atoms with Gasteiger partial charge in [-0.2, -0.15) is 0 Å². The molecule has 33 heavy (non-hydrogen) atoms. The molecular weight excluding hydrogens is 426 g/mol. The zero-order valence-corrected chi connectivity index (χ0v) is 20.3. The molecule has 2 saturated heterocycles. The first-order chi connectivity index (χ1) is 15.9. The molecule has 190 valence electrons. The third-order valence-electron chi connectivity index (χ3n) is 6.52. The van der Waals surface area contributed by atoms with Gasteiger partial charge in [0.25, 0.3) is 0 Å². The molecule has 0 radical (unpaired) electrons. The second-order valence-corrected chi connectivity index (χ2v) is 9.31. The second-order valence-electron chi connectivity index (χ2n) is 9.31. The van der Waals surface area contributed by atoms with Crippen LogP contribution in [0.25, 0.3) is 0 Å². The lowest BCUT2D eigenvalue weighted by molar-refractivity contribution is -0.144. The van der Waals surface area contributed by atoms with Crippen LogP contribution in [0.1, 0.15) is 97.3 Å². The lowest BCUT2D eigenvalue weighted by atomic mass is 9.99. The number of hydrogen-bond acceptors (Lipinski definition) is 6. The molecule has 0 bridgehead atoms. The first-order valence-electron chi connectivity index (χ1n) is 12.8. The lowest BCUT2D eigenvalue weighted by Crippen LogP contribution is -2.62. The minimum absolute atomic E-state index is 0.0528. The minimum Gasteiger partial charge on any atom is -0.390 e. The van der Waals surface area contributed by atoms with Gasteiger partial charge in [0.2, 0.25) is 0 Å². The Bertz CT molecular complexity index is 631. The van der Waals surface area contributed by atoms with Gasteiger partial charge in [-0.3, -0.25) is 15.0 Å². The van der Waals surface area contributed by atoms with E-state index in [-0.39, 0.29) is 25.3 Å². The third kappa shape index (κ3) is 8.54. The van der Waals surface area contributed by atoms with Gasteiger partial charge in [0, 0.05) is 19.4 Å². The highest BCUT2D eigenvalue weighted by molar-refractivity contribution is 5.95. The van der Waals surface area contributed by atoms with Gasteiger partial charge in [0.1, 0.15) is 25.1 Å². The van der Waals surface area contributed by atoms with Crippen LogP contribution >= 0.6 is 0 Å². The van der Waals surface area contributed by atoms with Gasteiger partial charge in [-0.25, -0.2) is 9.59 Å². The normalized spacial score (nSPS) is 24.3. The van der Waals surface area contributed by atoms with Crippen molar-refractivity contribution in [3.8, 4) is 0 Å². The largest absolute Gasteiger partial charge is 0.390 e. The van der Waals surface area contributed by atoms with Crippen LogP contribution in [0.2, 0.25) is 0 Å². The SMILES string of the molecule is CCCCCCCCCCCC(=O)C(O)[C@H]1O[C@@H](N2CN(CCCC)C(=O)NC2=O)C[C@@H]1O. The van der Waals surface area contributed by atoms with Crippen molar-refractivity contribution in [3.05, 3.63) is 0 Å². The number of aliphatic hydroxyl groups is 2. The molecule has 0 aromatic heterocycles. The van der Waals surface area contributed by atoms with E-state index < -0.39 is 36.6 Å². The van der Waals surface area contributed by atoms with Crippen LogP contribution < -0.4 is 5.32 Å². The quantitative estimate of drug-likeness (QED) is 0.298. The van der Waals surface area contributed by atoms with Crippen LogP contribution in [0.15, 0.2) is 0 Å². The summed E-state index contributed by atoms with van der Waals surface area (Å²) in [5.74, 6) is -0.342. The van der Waals surface area contributed by atoms with E-state index in [1.165, 1.54) is 48.3 Å². The maximum atomic E-state index is 12.5. The molecule has 0 spiro atoms.